The molecular formula is C21H20N4O3S. The first-order valence-corrected chi connectivity index (χ1v) is 9.95. The fraction of sp³-hybridized carbons (Fsp3) is 0.190. The fourth-order valence-corrected chi connectivity index (χ4v) is 3.75. The average Bonchev–Trinajstić information content (AvgIpc) is 3.41. The van der Waals surface area contributed by atoms with E-state index in [9.17, 15) is 0 Å². The van der Waals surface area contributed by atoms with Crippen LogP contribution >= 0.6 is 11.8 Å². The van der Waals surface area contributed by atoms with Crippen LogP contribution in [0.5, 0.6) is 11.5 Å². The Labute approximate surface area is 172 Å². The van der Waals surface area contributed by atoms with Gasteiger partial charge in [0.2, 0.25) is 11.7 Å². The van der Waals surface area contributed by atoms with Gasteiger partial charge in [0.1, 0.15) is 0 Å². The number of nitrogens with zero attached hydrogens (tertiary/aromatic N) is 4. The number of imidazole rings is 1. The normalized spacial score (nSPS) is 10.9. The van der Waals surface area contributed by atoms with Gasteiger partial charge in [-0.1, -0.05) is 35.1 Å². The lowest BCUT2D eigenvalue weighted by atomic mass is 10.2. The summed E-state index contributed by atoms with van der Waals surface area (Å²) in [5, 5.41) is 4.95. The Hall–Kier alpha value is -3.26. The summed E-state index contributed by atoms with van der Waals surface area (Å²) in [5.41, 5.74) is 3.08. The lowest BCUT2D eigenvalue weighted by molar-refractivity contribution is 0.355. The molecule has 0 aliphatic rings. The van der Waals surface area contributed by atoms with Crippen molar-refractivity contribution in [3.05, 3.63) is 66.3 Å². The summed E-state index contributed by atoms with van der Waals surface area (Å²) < 4.78 is 18.1. The molecule has 0 atom stereocenters. The van der Waals surface area contributed by atoms with Crippen LogP contribution in [0.1, 0.15) is 11.5 Å². The number of para-hydroxylation sites is 1. The smallest absolute Gasteiger partial charge is 0.237 e. The van der Waals surface area contributed by atoms with Crippen molar-refractivity contribution in [1.29, 1.82) is 0 Å². The first-order valence-electron chi connectivity index (χ1n) is 8.96. The highest BCUT2D eigenvalue weighted by molar-refractivity contribution is 7.98. The number of aromatic nitrogens is 4. The van der Waals surface area contributed by atoms with Crippen LogP contribution < -0.4 is 9.47 Å². The topological polar surface area (TPSA) is 75.2 Å². The van der Waals surface area contributed by atoms with Crippen molar-refractivity contribution in [1.82, 2.24) is 19.7 Å². The number of benzene rings is 2. The SMILES string of the molecule is COc1ccc(-c2noc(CSc3nccn3-c3ccccc3C)n2)cc1OC. The van der Waals surface area contributed by atoms with Gasteiger partial charge in [0, 0.05) is 18.0 Å². The van der Waals surface area contributed by atoms with Crippen LogP contribution in [0, 0.1) is 6.92 Å². The van der Waals surface area contributed by atoms with Crippen LogP contribution in [0.4, 0.5) is 0 Å². The Morgan fingerprint density at radius 2 is 1.90 bits per heavy atom. The molecule has 0 bridgehead atoms. The Bertz CT molecular complexity index is 1120. The summed E-state index contributed by atoms with van der Waals surface area (Å²) in [6.45, 7) is 2.08. The number of rotatable bonds is 7. The quantitative estimate of drug-likeness (QED) is 0.416. The second-order valence-corrected chi connectivity index (χ2v) is 7.18. The van der Waals surface area contributed by atoms with Crippen LogP contribution in [0.15, 0.2) is 64.5 Å². The fourth-order valence-electron chi connectivity index (χ4n) is 2.95. The van der Waals surface area contributed by atoms with Gasteiger partial charge in [0.05, 0.1) is 25.7 Å². The zero-order chi connectivity index (χ0) is 20.2. The highest BCUT2D eigenvalue weighted by Crippen LogP contribution is 2.32. The molecule has 2 heterocycles. The predicted octanol–water partition coefficient (Wildman–Crippen LogP) is 4.54. The summed E-state index contributed by atoms with van der Waals surface area (Å²) in [5.74, 6) is 2.82. The summed E-state index contributed by atoms with van der Waals surface area (Å²) >= 11 is 1.54. The molecule has 0 unspecified atom stereocenters. The summed E-state index contributed by atoms with van der Waals surface area (Å²) in [6, 6.07) is 13.7. The van der Waals surface area contributed by atoms with Gasteiger partial charge >= 0.3 is 0 Å². The van der Waals surface area contributed by atoms with E-state index < -0.39 is 0 Å². The zero-order valence-electron chi connectivity index (χ0n) is 16.3. The molecule has 148 valence electrons. The molecule has 0 amide bonds. The van der Waals surface area contributed by atoms with E-state index in [1.54, 1.807) is 32.2 Å². The Morgan fingerprint density at radius 3 is 2.69 bits per heavy atom. The van der Waals surface area contributed by atoms with Gasteiger partial charge in [-0.05, 0) is 36.8 Å². The van der Waals surface area contributed by atoms with Crippen LogP contribution in [0.3, 0.4) is 0 Å². The minimum Gasteiger partial charge on any atom is -0.493 e. The van der Waals surface area contributed by atoms with Crippen molar-refractivity contribution in [3.8, 4) is 28.6 Å². The molecule has 0 spiro atoms. The Balaban J connectivity index is 1.50. The second kappa shape index (κ2) is 8.40. The van der Waals surface area contributed by atoms with E-state index in [0.717, 1.165) is 16.4 Å². The second-order valence-electron chi connectivity index (χ2n) is 6.24. The maximum Gasteiger partial charge on any atom is 0.237 e. The lowest BCUT2D eigenvalue weighted by Crippen LogP contribution is -1.97. The predicted molar refractivity (Wildman–Crippen MR) is 111 cm³/mol. The van der Waals surface area contributed by atoms with Crippen molar-refractivity contribution >= 4 is 11.8 Å². The van der Waals surface area contributed by atoms with Crippen LogP contribution in [0.2, 0.25) is 0 Å². The lowest BCUT2D eigenvalue weighted by Gasteiger charge is -2.09. The molecule has 2 aromatic heterocycles. The van der Waals surface area contributed by atoms with Gasteiger partial charge in [-0.25, -0.2) is 4.98 Å². The minimum absolute atomic E-state index is 0.504. The Morgan fingerprint density at radius 1 is 1.07 bits per heavy atom. The van der Waals surface area contributed by atoms with Gasteiger partial charge in [0.15, 0.2) is 16.7 Å². The molecule has 2 aromatic carbocycles. The highest BCUT2D eigenvalue weighted by Gasteiger charge is 2.14. The van der Waals surface area contributed by atoms with E-state index in [0.29, 0.717) is 29.0 Å². The maximum absolute atomic E-state index is 5.43. The number of ether oxygens (including phenoxy) is 2. The molecule has 0 N–H and O–H groups in total. The van der Waals surface area contributed by atoms with E-state index in [2.05, 4.69) is 38.7 Å². The van der Waals surface area contributed by atoms with E-state index in [-0.39, 0.29) is 0 Å². The monoisotopic (exact) mass is 408 g/mol. The molecule has 0 aliphatic heterocycles. The Kier molecular flexibility index (Phi) is 5.53. The van der Waals surface area contributed by atoms with Crippen molar-refractivity contribution in [2.24, 2.45) is 0 Å². The number of aryl methyl sites for hydroxylation is 1. The molecule has 0 saturated heterocycles. The largest absolute Gasteiger partial charge is 0.493 e. The molecule has 0 aliphatic carbocycles. The van der Waals surface area contributed by atoms with Gasteiger partial charge in [-0.15, -0.1) is 0 Å². The van der Waals surface area contributed by atoms with Crippen molar-refractivity contribution in [3.63, 3.8) is 0 Å². The third-order valence-electron chi connectivity index (χ3n) is 4.42. The highest BCUT2D eigenvalue weighted by atomic mass is 32.2. The summed E-state index contributed by atoms with van der Waals surface area (Å²) in [7, 11) is 3.19. The third-order valence-corrected chi connectivity index (χ3v) is 5.37. The molecule has 29 heavy (non-hydrogen) atoms. The van der Waals surface area contributed by atoms with Crippen molar-refractivity contribution in [2.75, 3.05) is 14.2 Å². The van der Waals surface area contributed by atoms with Crippen LogP contribution in [-0.2, 0) is 5.75 Å². The van der Waals surface area contributed by atoms with Gasteiger partial charge in [-0.3, -0.25) is 4.57 Å². The van der Waals surface area contributed by atoms with Crippen LogP contribution in [-0.4, -0.2) is 33.9 Å². The molecule has 7 nitrogen and oxygen atoms in total. The number of thioether (sulfide) groups is 1. The zero-order valence-corrected chi connectivity index (χ0v) is 17.1. The molecule has 0 radical (unpaired) electrons. The summed E-state index contributed by atoms with van der Waals surface area (Å²) in [4.78, 5) is 8.96. The first-order chi connectivity index (χ1) is 14.2. The van der Waals surface area contributed by atoms with E-state index >= 15 is 0 Å². The van der Waals surface area contributed by atoms with Gasteiger partial charge in [0.25, 0.3) is 0 Å². The molecule has 0 fully saturated rings. The molecular weight excluding hydrogens is 388 g/mol. The number of methoxy groups -OCH3 is 2. The van der Waals surface area contributed by atoms with E-state index in [1.165, 1.54) is 5.56 Å². The van der Waals surface area contributed by atoms with E-state index in [4.69, 9.17) is 14.0 Å². The van der Waals surface area contributed by atoms with Gasteiger partial charge < -0.3 is 14.0 Å². The number of hydrogen-bond acceptors (Lipinski definition) is 7. The minimum atomic E-state index is 0.504. The first kappa shape index (κ1) is 19.1. The molecule has 8 heteroatoms. The average molecular weight is 408 g/mol. The van der Waals surface area contributed by atoms with Gasteiger partial charge in [-0.2, -0.15) is 4.98 Å². The maximum atomic E-state index is 5.43. The van der Waals surface area contributed by atoms with Crippen molar-refractivity contribution in [2.45, 2.75) is 17.8 Å². The van der Waals surface area contributed by atoms with Crippen LogP contribution in [0.25, 0.3) is 17.1 Å². The number of hydrogen-bond donors (Lipinski definition) is 0. The summed E-state index contributed by atoms with van der Waals surface area (Å²) in [6.07, 6.45) is 3.74. The molecule has 0 saturated carbocycles. The van der Waals surface area contributed by atoms with E-state index in [1.807, 2.05) is 36.5 Å². The third kappa shape index (κ3) is 3.97. The standard InChI is InChI=1S/C21H20N4O3S/c1-14-6-4-5-7-16(14)25-11-10-22-21(25)29-13-19-23-20(24-28-19)15-8-9-17(26-2)18(12-15)27-3/h4-12H,13H2,1-3H3. The van der Waals surface area contributed by atoms with Crippen molar-refractivity contribution < 1.29 is 14.0 Å². The molecule has 4 rings (SSSR count). The molecule has 4 aromatic rings.